The van der Waals surface area contributed by atoms with Crippen molar-refractivity contribution in [3.63, 3.8) is 0 Å². The quantitative estimate of drug-likeness (QED) is 0.838. The monoisotopic (exact) mass is 395 g/mol. The number of hydrogen-bond acceptors (Lipinski definition) is 4. The summed E-state index contributed by atoms with van der Waals surface area (Å²) in [6.07, 6.45) is 4.62. The summed E-state index contributed by atoms with van der Waals surface area (Å²) in [6, 6.07) is 17.3. The first kappa shape index (κ1) is 19.8. The summed E-state index contributed by atoms with van der Waals surface area (Å²) in [5.41, 5.74) is 0.105. The second-order valence-electron chi connectivity index (χ2n) is 8.05. The van der Waals surface area contributed by atoms with Gasteiger partial charge in [-0.1, -0.05) is 49.2 Å². The Morgan fingerprint density at radius 3 is 2.66 bits per heavy atom. The Hall–Kier alpha value is -2.53. The number of benzene rings is 2. The van der Waals surface area contributed by atoms with Gasteiger partial charge in [-0.25, -0.2) is 0 Å². The predicted octanol–water partition coefficient (Wildman–Crippen LogP) is 3.75. The van der Waals surface area contributed by atoms with E-state index in [4.69, 9.17) is 9.47 Å². The van der Waals surface area contributed by atoms with E-state index >= 15 is 0 Å². The Kier molecular flexibility index (Phi) is 5.76. The second kappa shape index (κ2) is 8.46. The zero-order valence-electron chi connectivity index (χ0n) is 16.9. The Labute approximate surface area is 172 Å². The van der Waals surface area contributed by atoms with Crippen LogP contribution in [0.5, 0.6) is 11.5 Å². The average Bonchev–Trinajstić information content (AvgIpc) is 2.78. The summed E-state index contributed by atoms with van der Waals surface area (Å²) in [7, 11) is 1.61. The SMILES string of the molecule is COc1cccc(OCC(=O)N2CC[C@@](O)(c3ccccc3)[C@H]3CCCC[C@H]32)c1. The number of aliphatic hydroxyl groups is 1. The number of ether oxygens (including phenoxy) is 2. The summed E-state index contributed by atoms with van der Waals surface area (Å²) in [5.74, 6) is 1.37. The number of carbonyl (C=O) groups excluding carboxylic acids is 1. The van der Waals surface area contributed by atoms with Gasteiger partial charge in [0.2, 0.25) is 0 Å². The molecule has 1 aliphatic carbocycles. The molecule has 0 spiro atoms. The zero-order valence-corrected chi connectivity index (χ0v) is 16.9. The molecular weight excluding hydrogens is 366 g/mol. The third kappa shape index (κ3) is 3.97. The third-order valence-corrected chi connectivity index (χ3v) is 6.47. The maximum Gasteiger partial charge on any atom is 0.260 e. The van der Waals surface area contributed by atoms with Crippen molar-refractivity contribution in [2.24, 2.45) is 5.92 Å². The van der Waals surface area contributed by atoms with Gasteiger partial charge in [0, 0.05) is 24.6 Å². The Balaban J connectivity index is 1.48. The van der Waals surface area contributed by atoms with E-state index in [9.17, 15) is 9.90 Å². The molecular formula is C24H29NO4. The lowest BCUT2D eigenvalue weighted by Crippen LogP contribution is -2.59. The number of likely N-dealkylation sites (tertiary alicyclic amines) is 1. The largest absolute Gasteiger partial charge is 0.497 e. The number of fused-ring (bicyclic) bond motifs is 1. The molecule has 0 bridgehead atoms. The molecule has 3 atom stereocenters. The molecule has 1 saturated carbocycles. The van der Waals surface area contributed by atoms with Gasteiger partial charge in [-0.2, -0.15) is 0 Å². The first-order chi connectivity index (χ1) is 14.1. The van der Waals surface area contributed by atoms with Crippen LogP contribution in [0, 0.1) is 5.92 Å². The molecule has 1 saturated heterocycles. The lowest BCUT2D eigenvalue weighted by molar-refractivity contribution is -0.156. The van der Waals surface area contributed by atoms with Crippen LogP contribution >= 0.6 is 0 Å². The van der Waals surface area contributed by atoms with E-state index in [-0.39, 0.29) is 24.5 Å². The molecule has 5 nitrogen and oxygen atoms in total. The molecule has 0 radical (unpaired) electrons. The molecule has 1 amide bonds. The summed E-state index contributed by atoms with van der Waals surface area (Å²) in [6.45, 7) is 0.549. The summed E-state index contributed by atoms with van der Waals surface area (Å²) in [5, 5.41) is 11.6. The second-order valence-corrected chi connectivity index (χ2v) is 8.05. The van der Waals surface area contributed by atoms with Crippen LogP contribution in [0.1, 0.15) is 37.7 Å². The molecule has 1 aliphatic heterocycles. The van der Waals surface area contributed by atoms with Crippen molar-refractivity contribution in [2.75, 3.05) is 20.3 Å². The van der Waals surface area contributed by atoms with Crippen LogP contribution in [0.4, 0.5) is 0 Å². The van der Waals surface area contributed by atoms with Crippen molar-refractivity contribution >= 4 is 5.91 Å². The molecule has 4 rings (SSSR count). The standard InChI is InChI=1S/C24H29NO4/c1-28-19-10-7-11-20(16-19)29-17-23(26)25-15-14-24(27,18-8-3-2-4-9-18)21-12-5-6-13-22(21)25/h2-4,7-11,16,21-22,27H,5-6,12-15,17H2,1H3/t21-,22+,24+/m0/s1. The molecule has 2 fully saturated rings. The van der Waals surface area contributed by atoms with E-state index in [1.54, 1.807) is 13.2 Å². The van der Waals surface area contributed by atoms with Gasteiger partial charge in [-0.15, -0.1) is 0 Å². The van der Waals surface area contributed by atoms with Crippen LogP contribution in [0.3, 0.4) is 0 Å². The Morgan fingerprint density at radius 2 is 1.86 bits per heavy atom. The van der Waals surface area contributed by atoms with Crippen molar-refractivity contribution in [2.45, 2.75) is 43.7 Å². The molecule has 2 aromatic rings. The molecule has 0 aromatic heterocycles. The van der Waals surface area contributed by atoms with Crippen LogP contribution in [0.15, 0.2) is 54.6 Å². The highest BCUT2D eigenvalue weighted by Crippen LogP contribution is 2.46. The zero-order chi connectivity index (χ0) is 20.3. The van der Waals surface area contributed by atoms with Gasteiger partial charge in [-0.3, -0.25) is 4.79 Å². The molecule has 1 heterocycles. The lowest BCUT2D eigenvalue weighted by atomic mass is 9.66. The maximum absolute atomic E-state index is 13.0. The summed E-state index contributed by atoms with van der Waals surface area (Å²) < 4.78 is 11.0. The van der Waals surface area contributed by atoms with Gasteiger partial charge in [0.05, 0.1) is 12.7 Å². The fourth-order valence-corrected chi connectivity index (χ4v) is 5.00. The highest BCUT2D eigenvalue weighted by molar-refractivity contribution is 5.78. The lowest BCUT2D eigenvalue weighted by Gasteiger charge is -2.52. The van der Waals surface area contributed by atoms with Crippen molar-refractivity contribution in [1.82, 2.24) is 4.90 Å². The fraction of sp³-hybridized carbons (Fsp3) is 0.458. The van der Waals surface area contributed by atoms with Crippen molar-refractivity contribution in [3.05, 3.63) is 60.2 Å². The smallest absolute Gasteiger partial charge is 0.260 e. The highest BCUT2D eigenvalue weighted by atomic mass is 16.5. The minimum atomic E-state index is -0.864. The predicted molar refractivity (Wildman–Crippen MR) is 111 cm³/mol. The van der Waals surface area contributed by atoms with Gasteiger partial charge in [-0.05, 0) is 37.0 Å². The number of amides is 1. The van der Waals surface area contributed by atoms with E-state index in [1.165, 1.54) is 0 Å². The number of piperidine rings is 1. The maximum atomic E-state index is 13.0. The van der Waals surface area contributed by atoms with Gasteiger partial charge >= 0.3 is 0 Å². The molecule has 1 N–H and O–H groups in total. The van der Waals surface area contributed by atoms with Crippen molar-refractivity contribution in [3.8, 4) is 11.5 Å². The fourth-order valence-electron chi connectivity index (χ4n) is 5.00. The first-order valence-corrected chi connectivity index (χ1v) is 10.5. The van der Waals surface area contributed by atoms with Crippen LogP contribution in [-0.4, -0.2) is 42.2 Å². The van der Waals surface area contributed by atoms with Gasteiger partial charge in [0.1, 0.15) is 11.5 Å². The van der Waals surface area contributed by atoms with E-state index in [0.717, 1.165) is 31.2 Å². The summed E-state index contributed by atoms with van der Waals surface area (Å²) >= 11 is 0. The number of methoxy groups -OCH3 is 1. The Bertz CT molecular complexity index is 840. The minimum absolute atomic E-state index is 0.000152. The Morgan fingerprint density at radius 1 is 1.10 bits per heavy atom. The number of carbonyl (C=O) groups is 1. The van der Waals surface area contributed by atoms with E-state index in [0.29, 0.717) is 24.5 Å². The number of nitrogens with zero attached hydrogens (tertiary/aromatic N) is 1. The van der Waals surface area contributed by atoms with Crippen LogP contribution in [0.2, 0.25) is 0 Å². The van der Waals surface area contributed by atoms with Gasteiger partial charge in [0.25, 0.3) is 5.91 Å². The molecule has 0 unspecified atom stereocenters. The van der Waals surface area contributed by atoms with Gasteiger partial charge in [0.15, 0.2) is 6.61 Å². The van der Waals surface area contributed by atoms with E-state index in [1.807, 2.05) is 53.4 Å². The molecule has 29 heavy (non-hydrogen) atoms. The number of hydrogen-bond donors (Lipinski definition) is 1. The van der Waals surface area contributed by atoms with Crippen LogP contribution in [0.25, 0.3) is 0 Å². The van der Waals surface area contributed by atoms with Crippen LogP contribution < -0.4 is 9.47 Å². The molecule has 5 heteroatoms. The summed E-state index contributed by atoms with van der Waals surface area (Å²) in [4.78, 5) is 15.0. The molecule has 2 aromatic carbocycles. The van der Waals surface area contributed by atoms with Crippen molar-refractivity contribution in [1.29, 1.82) is 0 Å². The van der Waals surface area contributed by atoms with E-state index < -0.39 is 5.60 Å². The van der Waals surface area contributed by atoms with Crippen LogP contribution in [-0.2, 0) is 10.4 Å². The molecule has 154 valence electrons. The minimum Gasteiger partial charge on any atom is -0.497 e. The third-order valence-electron chi connectivity index (χ3n) is 6.47. The normalized spacial score (nSPS) is 26.5. The molecule has 2 aliphatic rings. The van der Waals surface area contributed by atoms with Gasteiger partial charge < -0.3 is 19.5 Å². The number of rotatable bonds is 5. The van der Waals surface area contributed by atoms with Crippen molar-refractivity contribution < 1.29 is 19.4 Å². The first-order valence-electron chi connectivity index (χ1n) is 10.5. The average molecular weight is 395 g/mol. The van der Waals surface area contributed by atoms with E-state index in [2.05, 4.69) is 0 Å². The highest BCUT2D eigenvalue weighted by Gasteiger charge is 2.50. The topological polar surface area (TPSA) is 59.0 Å².